The van der Waals surface area contributed by atoms with Gasteiger partial charge in [0.05, 0.1) is 11.9 Å². The molecule has 3 rings (SSSR count). The van der Waals surface area contributed by atoms with Gasteiger partial charge in [0.2, 0.25) is 5.91 Å². The number of hydrogen-bond donors (Lipinski definition) is 1. The van der Waals surface area contributed by atoms with E-state index in [1.807, 2.05) is 39.0 Å². The molecule has 0 saturated carbocycles. The van der Waals surface area contributed by atoms with Crippen LogP contribution < -0.4 is 5.32 Å². The zero-order valence-corrected chi connectivity index (χ0v) is 16.4. The smallest absolute Gasteiger partial charge is 0.256 e. The molecule has 0 atom stereocenters. The van der Waals surface area contributed by atoms with Crippen molar-refractivity contribution in [2.24, 2.45) is 0 Å². The van der Waals surface area contributed by atoms with E-state index in [0.717, 1.165) is 22.4 Å². The highest BCUT2D eigenvalue weighted by Crippen LogP contribution is 2.27. The lowest BCUT2D eigenvalue weighted by molar-refractivity contribution is -0.113. The van der Waals surface area contributed by atoms with Gasteiger partial charge in [-0.2, -0.15) is 0 Å². The fraction of sp³-hybridized carbons (Fsp3) is 0.200. The van der Waals surface area contributed by atoms with Crippen LogP contribution in [0.2, 0.25) is 5.02 Å². The number of halogens is 1. The summed E-state index contributed by atoms with van der Waals surface area (Å²) in [5, 5.41) is 4.06. The van der Waals surface area contributed by atoms with E-state index in [4.69, 9.17) is 16.0 Å². The zero-order chi connectivity index (χ0) is 18.7. The Morgan fingerprint density at radius 3 is 2.62 bits per heavy atom. The normalized spacial score (nSPS) is 10.8. The Labute approximate surface area is 162 Å². The summed E-state index contributed by atoms with van der Waals surface area (Å²) in [6, 6.07) is 11.5. The molecule has 0 spiro atoms. The number of aryl methyl sites for hydroxylation is 3. The summed E-state index contributed by atoms with van der Waals surface area (Å²) in [5.74, 6) is 0.760. The number of hydrogen-bond acceptors (Lipinski definition) is 4. The van der Waals surface area contributed by atoms with Gasteiger partial charge in [0, 0.05) is 16.3 Å². The summed E-state index contributed by atoms with van der Waals surface area (Å²) < 4.78 is 5.70. The van der Waals surface area contributed by atoms with E-state index in [0.29, 0.717) is 16.0 Å². The van der Waals surface area contributed by atoms with Crippen molar-refractivity contribution < 1.29 is 9.21 Å². The van der Waals surface area contributed by atoms with Gasteiger partial charge in [-0.3, -0.25) is 4.79 Å². The van der Waals surface area contributed by atoms with E-state index >= 15 is 0 Å². The van der Waals surface area contributed by atoms with Crippen LogP contribution in [0.25, 0.3) is 11.3 Å². The standard InChI is InChI=1S/C20H19ClN2O2S/c1-12-7-13(2)19(14(3)8-12)23-18(24)11-26-20-22-10-17(25-20)15-5-4-6-16(21)9-15/h4-10H,11H2,1-3H3,(H,23,24). The summed E-state index contributed by atoms with van der Waals surface area (Å²) in [6.45, 7) is 6.03. The van der Waals surface area contributed by atoms with Crippen LogP contribution in [-0.4, -0.2) is 16.6 Å². The number of aromatic nitrogens is 1. The predicted octanol–water partition coefficient (Wildman–Crippen LogP) is 5.65. The van der Waals surface area contributed by atoms with Crippen LogP contribution in [0.1, 0.15) is 16.7 Å². The molecule has 6 heteroatoms. The maximum Gasteiger partial charge on any atom is 0.256 e. The Hall–Kier alpha value is -2.24. The van der Waals surface area contributed by atoms with Crippen molar-refractivity contribution in [3.8, 4) is 11.3 Å². The first-order valence-electron chi connectivity index (χ1n) is 8.14. The zero-order valence-electron chi connectivity index (χ0n) is 14.8. The first kappa shape index (κ1) is 18.5. The molecule has 0 aliphatic rings. The predicted molar refractivity (Wildman–Crippen MR) is 107 cm³/mol. The third-order valence-electron chi connectivity index (χ3n) is 3.86. The molecule has 3 aromatic rings. The molecule has 4 nitrogen and oxygen atoms in total. The molecule has 1 aromatic heterocycles. The molecular formula is C20H19ClN2O2S. The number of nitrogens with zero attached hydrogens (tertiary/aromatic N) is 1. The minimum absolute atomic E-state index is 0.0902. The molecule has 0 saturated heterocycles. The number of thioether (sulfide) groups is 1. The van der Waals surface area contributed by atoms with Gasteiger partial charge in [-0.05, 0) is 44.0 Å². The Morgan fingerprint density at radius 1 is 1.19 bits per heavy atom. The van der Waals surface area contributed by atoms with Crippen LogP contribution in [0.3, 0.4) is 0 Å². The van der Waals surface area contributed by atoms with Gasteiger partial charge >= 0.3 is 0 Å². The topological polar surface area (TPSA) is 55.1 Å². The number of amides is 1. The lowest BCUT2D eigenvalue weighted by Gasteiger charge is -2.12. The number of benzene rings is 2. The molecular weight excluding hydrogens is 368 g/mol. The van der Waals surface area contributed by atoms with Crippen molar-refractivity contribution >= 4 is 35.0 Å². The first-order valence-corrected chi connectivity index (χ1v) is 9.51. The van der Waals surface area contributed by atoms with Crippen molar-refractivity contribution in [2.75, 3.05) is 11.1 Å². The van der Waals surface area contributed by atoms with Crippen molar-refractivity contribution in [1.82, 2.24) is 4.98 Å². The minimum Gasteiger partial charge on any atom is -0.431 e. The van der Waals surface area contributed by atoms with Gasteiger partial charge in [0.25, 0.3) is 5.22 Å². The van der Waals surface area contributed by atoms with Crippen LogP contribution in [0.4, 0.5) is 5.69 Å². The Morgan fingerprint density at radius 2 is 1.92 bits per heavy atom. The lowest BCUT2D eigenvalue weighted by atomic mass is 10.1. The second-order valence-electron chi connectivity index (χ2n) is 6.11. The number of rotatable bonds is 5. The molecule has 2 aromatic carbocycles. The van der Waals surface area contributed by atoms with Crippen LogP contribution in [0.15, 0.2) is 52.2 Å². The van der Waals surface area contributed by atoms with E-state index in [2.05, 4.69) is 22.4 Å². The molecule has 0 bridgehead atoms. The second kappa shape index (κ2) is 7.98. The third kappa shape index (κ3) is 4.48. The summed E-state index contributed by atoms with van der Waals surface area (Å²) in [4.78, 5) is 16.5. The van der Waals surface area contributed by atoms with Crippen molar-refractivity contribution in [1.29, 1.82) is 0 Å². The number of oxazole rings is 1. The molecule has 0 radical (unpaired) electrons. The fourth-order valence-electron chi connectivity index (χ4n) is 2.78. The highest BCUT2D eigenvalue weighted by atomic mass is 35.5. The first-order chi connectivity index (χ1) is 12.4. The molecule has 0 unspecified atom stereocenters. The van der Waals surface area contributed by atoms with E-state index in [-0.39, 0.29) is 11.7 Å². The van der Waals surface area contributed by atoms with E-state index in [1.165, 1.54) is 17.3 Å². The van der Waals surface area contributed by atoms with Gasteiger partial charge in [0.15, 0.2) is 5.76 Å². The average molecular weight is 387 g/mol. The molecule has 26 heavy (non-hydrogen) atoms. The molecule has 1 N–H and O–H groups in total. The summed E-state index contributed by atoms with van der Waals surface area (Å²) in [5.41, 5.74) is 5.02. The average Bonchev–Trinajstić information content (AvgIpc) is 3.05. The molecule has 0 fully saturated rings. The van der Waals surface area contributed by atoms with Crippen LogP contribution >= 0.6 is 23.4 Å². The minimum atomic E-state index is -0.0902. The third-order valence-corrected chi connectivity index (χ3v) is 4.94. The van der Waals surface area contributed by atoms with Gasteiger partial charge in [-0.15, -0.1) is 0 Å². The van der Waals surface area contributed by atoms with E-state index in [9.17, 15) is 4.79 Å². The number of anilines is 1. The van der Waals surface area contributed by atoms with E-state index < -0.39 is 0 Å². The van der Waals surface area contributed by atoms with Crippen LogP contribution in [0.5, 0.6) is 0 Å². The number of carbonyl (C=O) groups excluding carboxylic acids is 1. The summed E-state index contributed by atoms with van der Waals surface area (Å²) in [7, 11) is 0. The van der Waals surface area contributed by atoms with Crippen molar-refractivity contribution in [3.63, 3.8) is 0 Å². The van der Waals surface area contributed by atoms with Crippen molar-refractivity contribution in [3.05, 3.63) is 64.3 Å². The SMILES string of the molecule is Cc1cc(C)c(NC(=O)CSc2ncc(-c3cccc(Cl)c3)o2)c(C)c1. The second-order valence-corrected chi connectivity index (χ2v) is 7.47. The van der Waals surface area contributed by atoms with Gasteiger partial charge < -0.3 is 9.73 Å². The van der Waals surface area contributed by atoms with Crippen LogP contribution in [0, 0.1) is 20.8 Å². The highest BCUT2D eigenvalue weighted by molar-refractivity contribution is 7.99. The summed E-state index contributed by atoms with van der Waals surface area (Å²) >= 11 is 7.26. The molecule has 1 amide bonds. The fourth-order valence-corrected chi connectivity index (χ4v) is 3.57. The van der Waals surface area contributed by atoms with Gasteiger partial charge in [-0.25, -0.2) is 4.98 Å². The molecule has 134 valence electrons. The number of nitrogens with one attached hydrogen (secondary N) is 1. The highest BCUT2D eigenvalue weighted by Gasteiger charge is 2.12. The molecule has 0 aliphatic carbocycles. The maximum atomic E-state index is 12.3. The monoisotopic (exact) mass is 386 g/mol. The van der Waals surface area contributed by atoms with Crippen molar-refractivity contribution in [2.45, 2.75) is 26.0 Å². The van der Waals surface area contributed by atoms with E-state index in [1.54, 1.807) is 12.3 Å². The van der Waals surface area contributed by atoms with Crippen LogP contribution in [-0.2, 0) is 4.79 Å². The maximum absolute atomic E-state index is 12.3. The van der Waals surface area contributed by atoms with Gasteiger partial charge in [-0.1, -0.05) is 53.2 Å². The summed E-state index contributed by atoms with van der Waals surface area (Å²) in [6.07, 6.45) is 1.64. The Kier molecular flexibility index (Phi) is 5.69. The Balaban J connectivity index is 1.62. The molecule has 0 aliphatic heterocycles. The molecule has 1 heterocycles. The Bertz CT molecular complexity index is 929. The quantitative estimate of drug-likeness (QED) is 0.575. The number of carbonyl (C=O) groups is 1. The largest absolute Gasteiger partial charge is 0.431 e. The van der Waals surface area contributed by atoms with Gasteiger partial charge in [0.1, 0.15) is 0 Å². The lowest BCUT2D eigenvalue weighted by Crippen LogP contribution is -2.15.